The molecule has 1 heterocycles. The molecule has 0 saturated heterocycles. The van der Waals surface area contributed by atoms with Crippen LogP contribution in [0.1, 0.15) is 18.9 Å². The van der Waals surface area contributed by atoms with Crippen LogP contribution < -0.4 is 4.74 Å². The van der Waals surface area contributed by atoms with Crippen LogP contribution in [0.3, 0.4) is 0 Å². The number of nitrogens with zero attached hydrogens (tertiary/aromatic N) is 2. The highest BCUT2D eigenvalue weighted by molar-refractivity contribution is 7.71. The molecule has 0 unspecified atom stereocenters. The minimum absolute atomic E-state index is 0.297. The van der Waals surface area contributed by atoms with Gasteiger partial charge in [-0.3, -0.25) is 9.67 Å². The summed E-state index contributed by atoms with van der Waals surface area (Å²) in [5, 5.41) is 6.87. The second kappa shape index (κ2) is 5.79. The van der Waals surface area contributed by atoms with Crippen LogP contribution in [-0.2, 0) is 6.54 Å². The van der Waals surface area contributed by atoms with Crippen LogP contribution in [0, 0.1) is 10.6 Å². The van der Waals surface area contributed by atoms with Gasteiger partial charge in [-0.05, 0) is 43.4 Å². The van der Waals surface area contributed by atoms with E-state index >= 15 is 0 Å². The molecule has 0 fully saturated rings. The number of aromatic amines is 1. The maximum absolute atomic E-state index is 12.8. The predicted molar refractivity (Wildman–Crippen MR) is 73.1 cm³/mol. The summed E-state index contributed by atoms with van der Waals surface area (Å²) in [7, 11) is 0. The molecule has 0 aliphatic rings. The number of halogens is 1. The zero-order valence-electron chi connectivity index (χ0n) is 10.5. The molecule has 0 spiro atoms. The van der Waals surface area contributed by atoms with Crippen LogP contribution >= 0.6 is 12.2 Å². The van der Waals surface area contributed by atoms with Gasteiger partial charge in [0, 0.05) is 6.54 Å². The highest BCUT2D eigenvalue weighted by Gasteiger charge is 2.15. The van der Waals surface area contributed by atoms with E-state index in [1.165, 1.54) is 12.1 Å². The van der Waals surface area contributed by atoms with Crippen molar-refractivity contribution in [1.29, 1.82) is 0 Å². The van der Waals surface area contributed by atoms with Crippen LogP contribution in [0.4, 0.5) is 4.39 Å². The van der Waals surface area contributed by atoms with Gasteiger partial charge in [0.2, 0.25) is 0 Å². The van der Waals surface area contributed by atoms with Gasteiger partial charge in [-0.25, -0.2) is 4.39 Å². The molecule has 2 rings (SSSR count). The van der Waals surface area contributed by atoms with Crippen LogP contribution in [0.15, 0.2) is 36.9 Å². The van der Waals surface area contributed by atoms with Crippen molar-refractivity contribution in [2.24, 2.45) is 0 Å². The maximum atomic E-state index is 12.8. The smallest absolute Gasteiger partial charge is 0.195 e. The molecule has 1 aromatic heterocycles. The maximum Gasteiger partial charge on any atom is 0.195 e. The van der Waals surface area contributed by atoms with Crippen LogP contribution in [0.2, 0.25) is 0 Å². The van der Waals surface area contributed by atoms with Crippen molar-refractivity contribution in [1.82, 2.24) is 14.8 Å². The normalized spacial score (nSPS) is 12.1. The predicted octanol–water partition coefficient (Wildman–Crippen LogP) is 3.41. The molecule has 100 valence electrons. The van der Waals surface area contributed by atoms with E-state index in [1.54, 1.807) is 22.8 Å². The SMILES string of the molecule is C=CCn1c([C@@H](C)Oc2ccc(F)cc2)n[nH]c1=S. The largest absolute Gasteiger partial charge is 0.483 e. The van der Waals surface area contributed by atoms with Crippen LogP contribution in [0.5, 0.6) is 5.75 Å². The zero-order valence-corrected chi connectivity index (χ0v) is 11.3. The molecule has 4 nitrogen and oxygen atoms in total. The van der Waals surface area contributed by atoms with E-state index in [4.69, 9.17) is 17.0 Å². The van der Waals surface area contributed by atoms with E-state index in [-0.39, 0.29) is 11.9 Å². The summed E-state index contributed by atoms with van der Waals surface area (Å²) in [5.41, 5.74) is 0. The topological polar surface area (TPSA) is 42.8 Å². The summed E-state index contributed by atoms with van der Waals surface area (Å²) in [6.07, 6.45) is 1.43. The molecule has 0 radical (unpaired) electrons. The number of H-pyrrole nitrogens is 1. The van der Waals surface area contributed by atoms with E-state index in [2.05, 4.69) is 16.8 Å². The van der Waals surface area contributed by atoms with Crippen molar-refractivity contribution >= 4 is 12.2 Å². The summed E-state index contributed by atoms with van der Waals surface area (Å²) in [6, 6.07) is 5.85. The van der Waals surface area contributed by atoms with Crippen molar-refractivity contribution in [3.05, 3.63) is 53.3 Å². The molecule has 0 saturated carbocycles. The molecule has 2 aromatic rings. The number of benzene rings is 1. The van der Waals surface area contributed by atoms with Crippen molar-refractivity contribution in [2.45, 2.75) is 19.6 Å². The number of aromatic nitrogens is 3. The lowest BCUT2D eigenvalue weighted by molar-refractivity contribution is 0.211. The van der Waals surface area contributed by atoms with Crippen molar-refractivity contribution < 1.29 is 9.13 Å². The first-order valence-electron chi connectivity index (χ1n) is 5.80. The minimum atomic E-state index is -0.307. The lowest BCUT2D eigenvalue weighted by Gasteiger charge is -2.14. The van der Waals surface area contributed by atoms with E-state index in [0.717, 1.165) is 0 Å². The van der Waals surface area contributed by atoms with E-state index in [0.29, 0.717) is 22.9 Å². The summed E-state index contributed by atoms with van der Waals surface area (Å²) < 4.78 is 20.8. The summed E-state index contributed by atoms with van der Waals surface area (Å²) >= 11 is 5.13. The number of rotatable bonds is 5. The fourth-order valence-electron chi connectivity index (χ4n) is 1.72. The van der Waals surface area contributed by atoms with Gasteiger partial charge in [-0.1, -0.05) is 6.08 Å². The molecule has 19 heavy (non-hydrogen) atoms. The first-order chi connectivity index (χ1) is 9.11. The van der Waals surface area contributed by atoms with Gasteiger partial charge in [-0.15, -0.1) is 6.58 Å². The molecular formula is C13H14FN3OS. The average Bonchev–Trinajstić information content (AvgIpc) is 2.75. The fourth-order valence-corrected chi connectivity index (χ4v) is 1.93. The van der Waals surface area contributed by atoms with Gasteiger partial charge in [0.15, 0.2) is 16.7 Å². The molecule has 0 aliphatic carbocycles. The first kappa shape index (κ1) is 13.5. The van der Waals surface area contributed by atoms with Gasteiger partial charge in [0.05, 0.1) is 0 Å². The number of hydrogen-bond donors (Lipinski definition) is 1. The zero-order chi connectivity index (χ0) is 13.8. The summed E-state index contributed by atoms with van der Waals surface area (Å²) in [4.78, 5) is 0. The number of ether oxygens (including phenoxy) is 1. The number of nitrogens with one attached hydrogen (secondary N) is 1. The highest BCUT2D eigenvalue weighted by Crippen LogP contribution is 2.20. The Morgan fingerprint density at radius 3 is 2.84 bits per heavy atom. The Kier molecular flexibility index (Phi) is 4.11. The lowest BCUT2D eigenvalue weighted by atomic mass is 10.3. The van der Waals surface area contributed by atoms with Gasteiger partial charge >= 0.3 is 0 Å². The molecule has 0 aliphatic heterocycles. The highest BCUT2D eigenvalue weighted by atomic mass is 32.1. The number of allylic oxidation sites excluding steroid dienone is 1. The van der Waals surface area contributed by atoms with E-state index in [1.807, 2.05) is 6.92 Å². The van der Waals surface area contributed by atoms with Crippen molar-refractivity contribution in [2.75, 3.05) is 0 Å². The fraction of sp³-hybridized carbons (Fsp3) is 0.231. The standard InChI is InChI=1S/C13H14FN3OS/c1-3-8-17-12(15-16-13(17)19)9(2)18-11-6-4-10(14)5-7-11/h3-7,9H,1,8H2,2H3,(H,16,19)/t9-/m1/s1. The molecule has 1 N–H and O–H groups in total. The minimum Gasteiger partial charge on any atom is -0.483 e. The number of hydrogen-bond acceptors (Lipinski definition) is 3. The summed E-state index contributed by atoms with van der Waals surface area (Å²) in [5.74, 6) is 0.955. The molecular weight excluding hydrogens is 265 g/mol. The lowest BCUT2D eigenvalue weighted by Crippen LogP contribution is -2.11. The Morgan fingerprint density at radius 2 is 2.21 bits per heavy atom. The second-order valence-corrected chi connectivity index (χ2v) is 4.39. The molecule has 1 atom stereocenters. The van der Waals surface area contributed by atoms with Gasteiger partial charge in [-0.2, -0.15) is 5.10 Å². The monoisotopic (exact) mass is 279 g/mol. The van der Waals surface area contributed by atoms with Crippen LogP contribution in [-0.4, -0.2) is 14.8 Å². The van der Waals surface area contributed by atoms with Crippen molar-refractivity contribution in [3.63, 3.8) is 0 Å². The summed E-state index contributed by atoms with van der Waals surface area (Å²) in [6.45, 7) is 6.09. The van der Waals surface area contributed by atoms with Crippen LogP contribution in [0.25, 0.3) is 0 Å². The Hall–Kier alpha value is -1.95. The third kappa shape index (κ3) is 3.08. The molecule has 0 amide bonds. The van der Waals surface area contributed by atoms with E-state index < -0.39 is 0 Å². The van der Waals surface area contributed by atoms with Gasteiger partial charge in [0.25, 0.3) is 0 Å². The van der Waals surface area contributed by atoms with Crippen molar-refractivity contribution in [3.8, 4) is 5.75 Å². The molecule has 1 aromatic carbocycles. The molecule has 6 heteroatoms. The first-order valence-corrected chi connectivity index (χ1v) is 6.21. The van der Waals surface area contributed by atoms with E-state index in [9.17, 15) is 4.39 Å². The Morgan fingerprint density at radius 1 is 1.53 bits per heavy atom. The quantitative estimate of drug-likeness (QED) is 0.673. The Balaban J connectivity index is 2.20. The average molecular weight is 279 g/mol. The second-order valence-electron chi connectivity index (χ2n) is 4.00. The molecule has 0 bridgehead atoms. The third-order valence-corrected chi connectivity index (χ3v) is 2.90. The Bertz CT molecular complexity index is 618. The van der Waals surface area contributed by atoms with Gasteiger partial charge < -0.3 is 4.74 Å². The Labute approximate surface area is 115 Å². The van der Waals surface area contributed by atoms with Gasteiger partial charge in [0.1, 0.15) is 11.6 Å². The third-order valence-electron chi connectivity index (χ3n) is 2.59.